The standard InChI is InChI=1S/C16H19NO3/c1-11-9-10-15(19-11)12(2)17-16(18)13(3)20-14-7-5-4-6-8-14/h4-10,12-13H,1-3H3,(H,17,18). The van der Waals surface area contributed by atoms with Crippen LogP contribution in [0.5, 0.6) is 5.75 Å². The number of para-hydroxylation sites is 1. The van der Waals surface area contributed by atoms with Gasteiger partial charge >= 0.3 is 0 Å². The number of hydrogen-bond acceptors (Lipinski definition) is 3. The molecule has 0 radical (unpaired) electrons. The molecule has 0 aliphatic carbocycles. The van der Waals surface area contributed by atoms with Gasteiger partial charge in [-0.2, -0.15) is 0 Å². The van der Waals surface area contributed by atoms with Crippen molar-refractivity contribution >= 4 is 5.91 Å². The number of furan rings is 1. The number of carbonyl (C=O) groups excluding carboxylic acids is 1. The van der Waals surface area contributed by atoms with E-state index in [0.29, 0.717) is 5.75 Å². The minimum Gasteiger partial charge on any atom is -0.481 e. The molecule has 0 saturated heterocycles. The van der Waals surface area contributed by atoms with Crippen LogP contribution in [0.15, 0.2) is 46.9 Å². The van der Waals surface area contributed by atoms with Crippen LogP contribution in [-0.2, 0) is 4.79 Å². The second-order valence-electron chi connectivity index (χ2n) is 4.75. The zero-order valence-corrected chi connectivity index (χ0v) is 11.9. The van der Waals surface area contributed by atoms with Crippen molar-refractivity contribution < 1.29 is 13.9 Å². The summed E-state index contributed by atoms with van der Waals surface area (Å²) in [6.45, 7) is 5.48. The summed E-state index contributed by atoms with van der Waals surface area (Å²) in [6.07, 6.45) is -0.559. The Balaban J connectivity index is 1.91. The third kappa shape index (κ3) is 3.63. The van der Waals surface area contributed by atoms with Gasteiger partial charge in [-0.15, -0.1) is 0 Å². The smallest absolute Gasteiger partial charge is 0.261 e. The number of rotatable bonds is 5. The van der Waals surface area contributed by atoms with Crippen LogP contribution in [0.1, 0.15) is 31.4 Å². The lowest BCUT2D eigenvalue weighted by atomic mass is 10.2. The van der Waals surface area contributed by atoms with Crippen molar-refractivity contribution in [2.45, 2.75) is 32.9 Å². The lowest BCUT2D eigenvalue weighted by Crippen LogP contribution is -2.37. The predicted octanol–water partition coefficient (Wildman–Crippen LogP) is 3.23. The maximum atomic E-state index is 12.1. The molecule has 2 rings (SSSR count). The van der Waals surface area contributed by atoms with Crippen LogP contribution in [0, 0.1) is 6.92 Å². The Morgan fingerprint density at radius 1 is 1.15 bits per heavy atom. The molecule has 1 aromatic heterocycles. The molecule has 0 spiro atoms. The fraction of sp³-hybridized carbons (Fsp3) is 0.312. The Hall–Kier alpha value is -2.23. The van der Waals surface area contributed by atoms with E-state index in [9.17, 15) is 4.79 Å². The van der Waals surface area contributed by atoms with E-state index in [0.717, 1.165) is 11.5 Å². The maximum Gasteiger partial charge on any atom is 0.261 e. The third-order valence-corrected chi connectivity index (χ3v) is 2.97. The Morgan fingerprint density at radius 3 is 2.45 bits per heavy atom. The second-order valence-corrected chi connectivity index (χ2v) is 4.75. The quantitative estimate of drug-likeness (QED) is 0.910. The lowest BCUT2D eigenvalue weighted by molar-refractivity contribution is -0.128. The first-order valence-electron chi connectivity index (χ1n) is 6.64. The highest BCUT2D eigenvalue weighted by atomic mass is 16.5. The molecule has 1 N–H and O–H groups in total. The van der Waals surface area contributed by atoms with Crippen molar-refractivity contribution in [1.29, 1.82) is 0 Å². The summed E-state index contributed by atoms with van der Waals surface area (Å²) in [5.41, 5.74) is 0. The Morgan fingerprint density at radius 2 is 1.85 bits per heavy atom. The number of amides is 1. The van der Waals surface area contributed by atoms with Crippen LogP contribution in [0.4, 0.5) is 0 Å². The average molecular weight is 273 g/mol. The molecule has 106 valence electrons. The van der Waals surface area contributed by atoms with Crippen LogP contribution in [0.3, 0.4) is 0 Å². The van der Waals surface area contributed by atoms with Crippen LogP contribution >= 0.6 is 0 Å². The van der Waals surface area contributed by atoms with Crippen LogP contribution in [0.25, 0.3) is 0 Å². The van der Waals surface area contributed by atoms with Gasteiger partial charge in [0.25, 0.3) is 5.91 Å². The molecule has 2 atom stereocenters. The Bertz CT molecular complexity index is 562. The van der Waals surface area contributed by atoms with Crippen LogP contribution in [-0.4, -0.2) is 12.0 Å². The Kier molecular flexibility index (Phi) is 4.45. The molecular formula is C16H19NO3. The van der Waals surface area contributed by atoms with Crippen molar-refractivity contribution in [1.82, 2.24) is 5.32 Å². The number of ether oxygens (including phenoxy) is 1. The molecule has 2 aromatic rings. The molecular weight excluding hydrogens is 254 g/mol. The molecule has 0 saturated carbocycles. The van der Waals surface area contributed by atoms with Crippen LogP contribution < -0.4 is 10.1 Å². The molecule has 4 nitrogen and oxygen atoms in total. The molecule has 0 fully saturated rings. The summed E-state index contributed by atoms with van der Waals surface area (Å²) in [6, 6.07) is 12.8. The topological polar surface area (TPSA) is 51.5 Å². The molecule has 1 aromatic carbocycles. The summed E-state index contributed by atoms with van der Waals surface area (Å²) in [5.74, 6) is 2.07. The maximum absolute atomic E-state index is 12.1. The van der Waals surface area contributed by atoms with E-state index in [4.69, 9.17) is 9.15 Å². The van der Waals surface area contributed by atoms with Crippen molar-refractivity contribution in [3.63, 3.8) is 0 Å². The zero-order chi connectivity index (χ0) is 14.5. The van der Waals surface area contributed by atoms with Gasteiger partial charge in [-0.25, -0.2) is 0 Å². The van der Waals surface area contributed by atoms with E-state index in [1.807, 2.05) is 56.3 Å². The molecule has 0 aliphatic rings. The van der Waals surface area contributed by atoms with E-state index in [-0.39, 0.29) is 11.9 Å². The van der Waals surface area contributed by atoms with Gasteiger partial charge in [0.2, 0.25) is 0 Å². The molecule has 20 heavy (non-hydrogen) atoms. The number of benzene rings is 1. The summed E-state index contributed by atoms with van der Waals surface area (Å²) in [5, 5.41) is 2.87. The van der Waals surface area contributed by atoms with Gasteiger partial charge in [0, 0.05) is 0 Å². The number of nitrogens with one attached hydrogen (secondary N) is 1. The average Bonchev–Trinajstić information content (AvgIpc) is 2.86. The summed E-state index contributed by atoms with van der Waals surface area (Å²) in [7, 11) is 0. The molecule has 1 heterocycles. The van der Waals surface area contributed by atoms with E-state index >= 15 is 0 Å². The first kappa shape index (κ1) is 14.2. The minimum atomic E-state index is -0.559. The minimum absolute atomic E-state index is 0.171. The monoisotopic (exact) mass is 273 g/mol. The summed E-state index contributed by atoms with van der Waals surface area (Å²) < 4.78 is 11.1. The lowest BCUT2D eigenvalue weighted by Gasteiger charge is -2.17. The molecule has 4 heteroatoms. The SMILES string of the molecule is Cc1ccc(C(C)NC(=O)C(C)Oc2ccccc2)o1. The van der Waals surface area contributed by atoms with Crippen molar-refractivity contribution in [2.75, 3.05) is 0 Å². The summed E-state index contributed by atoms with van der Waals surface area (Å²) in [4.78, 5) is 12.1. The van der Waals surface area contributed by atoms with Crippen molar-refractivity contribution in [2.24, 2.45) is 0 Å². The van der Waals surface area contributed by atoms with E-state index in [1.165, 1.54) is 0 Å². The van der Waals surface area contributed by atoms with Gasteiger partial charge in [-0.05, 0) is 45.0 Å². The first-order chi connectivity index (χ1) is 9.56. The highest BCUT2D eigenvalue weighted by Gasteiger charge is 2.19. The normalized spacial score (nSPS) is 13.6. The number of carbonyl (C=O) groups is 1. The third-order valence-electron chi connectivity index (χ3n) is 2.97. The fourth-order valence-electron chi connectivity index (χ4n) is 1.84. The van der Waals surface area contributed by atoms with Gasteiger partial charge < -0.3 is 14.5 Å². The first-order valence-corrected chi connectivity index (χ1v) is 6.64. The largest absolute Gasteiger partial charge is 0.481 e. The number of aryl methyl sites for hydroxylation is 1. The van der Waals surface area contributed by atoms with Gasteiger partial charge in [-0.3, -0.25) is 4.79 Å². The van der Waals surface area contributed by atoms with Crippen LogP contribution in [0.2, 0.25) is 0 Å². The van der Waals surface area contributed by atoms with Crippen molar-refractivity contribution in [3.8, 4) is 5.75 Å². The van der Waals surface area contributed by atoms with E-state index in [2.05, 4.69) is 5.32 Å². The molecule has 2 unspecified atom stereocenters. The summed E-state index contributed by atoms with van der Waals surface area (Å²) >= 11 is 0. The second kappa shape index (κ2) is 6.28. The molecule has 0 aliphatic heterocycles. The van der Waals surface area contributed by atoms with Gasteiger partial charge in [0.05, 0.1) is 6.04 Å². The van der Waals surface area contributed by atoms with Gasteiger partial charge in [-0.1, -0.05) is 18.2 Å². The Labute approximate surface area is 118 Å². The van der Waals surface area contributed by atoms with Gasteiger partial charge in [0.1, 0.15) is 17.3 Å². The predicted molar refractivity (Wildman–Crippen MR) is 76.5 cm³/mol. The molecule has 1 amide bonds. The van der Waals surface area contributed by atoms with E-state index in [1.54, 1.807) is 6.92 Å². The molecule has 0 bridgehead atoms. The van der Waals surface area contributed by atoms with Crippen molar-refractivity contribution in [3.05, 3.63) is 54.0 Å². The highest BCUT2D eigenvalue weighted by Crippen LogP contribution is 2.16. The zero-order valence-electron chi connectivity index (χ0n) is 11.9. The van der Waals surface area contributed by atoms with Gasteiger partial charge in [0.15, 0.2) is 6.10 Å². The van der Waals surface area contributed by atoms with E-state index < -0.39 is 6.10 Å². The fourth-order valence-corrected chi connectivity index (χ4v) is 1.84. The number of hydrogen-bond donors (Lipinski definition) is 1. The highest BCUT2D eigenvalue weighted by molar-refractivity contribution is 5.81.